The molecule has 1 aliphatic rings. The zero-order chi connectivity index (χ0) is 20.7. The lowest BCUT2D eigenvalue weighted by molar-refractivity contribution is -0.764. The summed E-state index contributed by atoms with van der Waals surface area (Å²) in [6.45, 7) is 1.48. The van der Waals surface area contributed by atoms with Crippen molar-refractivity contribution < 1.29 is 19.3 Å². The van der Waals surface area contributed by atoms with E-state index in [2.05, 4.69) is 10.1 Å². The quantitative estimate of drug-likeness (QED) is 0.471. The van der Waals surface area contributed by atoms with Crippen molar-refractivity contribution in [1.29, 1.82) is 0 Å². The van der Waals surface area contributed by atoms with Gasteiger partial charge in [-0.3, -0.25) is 4.79 Å². The minimum atomic E-state index is -0.649. The monoisotopic (exact) mass is 428 g/mol. The second-order valence-electron chi connectivity index (χ2n) is 6.39. The van der Waals surface area contributed by atoms with Crippen molar-refractivity contribution in [2.75, 3.05) is 18.3 Å². The number of amides is 1. The topological polar surface area (TPSA) is 82.3 Å². The van der Waals surface area contributed by atoms with E-state index in [0.29, 0.717) is 32.9 Å². The number of fused-ring (bicyclic) bond motifs is 3. The van der Waals surface area contributed by atoms with E-state index in [1.165, 1.54) is 18.7 Å². The maximum absolute atomic E-state index is 12.9. The molecule has 1 atom stereocenters. The predicted molar refractivity (Wildman–Crippen MR) is 108 cm³/mol. The largest absolute Gasteiger partial charge is 0.854 e. The van der Waals surface area contributed by atoms with E-state index < -0.39 is 12.0 Å². The van der Waals surface area contributed by atoms with Gasteiger partial charge >= 0.3 is 0 Å². The van der Waals surface area contributed by atoms with E-state index in [9.17, 15) is 9.90 Å². The highest BCUT2D eigenvalue weighted by molar-refractivity contribution is 7.98. The number of thioether (sulfide) groups is 1. The molecule has 9 heteroatoms. The molecule has 1 unspecified atom stereocenters. The Kier molecular flexibility index (Phi) is 5.06. The first kappa shape index (κ1) is 19.5. The number of hydrogen-bond acceptors (Lipinski definition) is 6. The molecular weight excluding hydrogens is 412 g/mol. The minimum Gasteiger partial charge on any atom is -0.854 e. The molecule has 148 valence electrons. The average Bonchev–Trinajstić information content (AvgIpc) is 2.72. The number of nitrogens with zero attached hydrogens (tertiary/aromatic N) is 4. The number of rotatable bonds is 3. The summed E-state index contributed by atoms with van der Waals surface area (Å²) >= 11 is 7.46. The van der Waals surface area contributed by atoms with E-state index in [1.807, 2.05) is 12.1 Å². The molecule has 0 saturated heterocycles. The van der Waals surface area contributed by atoms with E-state index >= 15 is 0 Å². The van der Waals surface area contributed by atoms with Crippen molar-refractivity contribution in [2.24, 2.45) is 0 Å². The summed E-state index contributed by atoms with van der Waals surface area (Å²) in [6, 6.07) is 12.4. The summed E-state index contributed by atoms with van der Waals surface area (Å²) in [7, 11) is 1.59. The van der Waals surface area contributed by atoms with Gasteiger partial charge in [0.2, 0.25) is 5.91 Å². The molecule has 0 spiro atoms. The standard InChI is InChI=1S/C20H17ClN4O3S/c1-11(26)24-16-9-6-13(21)10-15(16)17-18(27)22-20(29-3)23-25(17)19(24)12-4-7-14(28-2)8-5-12/h4-10,19H,1-3H3. The Hall–Kier alpha value is -2.84. The number of anilines is 1. The van der Waals surface area contributed by atoms with Gasteiger partial charge in [-0.25, -0.2) is 9.88 Å². The van der Waals surface area contributed by atoms with Crippen molar-refractivity contribution in [3.05, 3.63) is 53.1 Å². The van der Waals surface area contributed by atoms with E-state index in [1.54, 1.807) is 53.3 Å². The van der Waals surface area contributed by atoms with Gasteiger partial charge in [-0.15, -0.1) is 0 Å². The van der Waals surface area contributed by atoms with Crippen LogP contribution in [0.15, 0.2) is 47.6 Å². The first-order chi connectivity index (χ1) is 13.9. The third-order valence-electron chi connectivity index (χ3n) is 4.71. The van der Waals surface area contributed by atoms with Gasteiger partial charge in [-0.1, -0.05) is 28.0 Å². The van der Waals surface area contributed by atoms with Gasteiger partial charge in [-0.05, 0) is 48.7 Å². The second-order valence-corrected chi connectivity index (χ2v) is 7.60. The summed E-state index contributed by atoms with van der Waals surface area (Å²) in [5.41, 5.74) is 2.17. The zero-order valence-electron chi connectivity index (χ0n) is 15.9. The molecule has 0 saturated carbocycles. The lowest BCUT2D eigenvalue weighted by Crippen LogP contribution is -2.58. The molecule has 0 fully saturated rings. The number of methoxy groups -OCH3 is 1. The number of hydrogen-bond donors (Lipinski definition) is 0. The van der Waals surface area contributed by atoms with E-state index in [0.717, 1.165) is 5.56 Å². The molecule has 0 radical (unpaired) electrons. The van der Waals surface area contributed by atoms with Crippen LogP contribution in [0.3, 0.4) is 0 Å². The summed E-state index contributed by atoms with van der Waals surface area (Å²) in [5.74, 6) is 0.0761. The first-order valence-corrected chi connectivity index (χ1v) is 10.3. The zero-order valence-corrected chi connectivity index (χ0v) is 17.5. The molecule has 1 amide bonds. The fourth-order valence-corrected chi connectivity index (χ4v) is 3.98. The molecular formula is C20H17ClN4O3S. The highest BCUT2D eigenvalue weighted by Gasteiger charge is 2.44. The maximum Gasteiger partial charge on any atom is 0.293 e. The van der Waals surface area contributed by atoms with Gasteiger partial charge in [0.05, 0.1) is 24.2 Å². The van der Waals surface area contributed by atoms with Crippen LogP contribution < -0.4 is 19.4 Å². The van der Waals surface area contributed by atoms with Crippen LogP contribution in [0.5, 0.6) is 11.6 Å². The normalized spacial score (nSPS) is 14.9. The Bertz CT molecular complexity index is 1110. The molecule has 29 heavy (non-hydrogen) atoms. The summed E-state index contributed by atoms with van der Waals surface area (Å²) in [5, 5.41) is 18.3. The molecule has 4 rings (SSSR count). The van der Waals surface area contributed by atoms with Crippen LogP contribution in [-0.2, 0) is 4.79 Å². The van der Waals surface area contributed by atoms with Gasteiger partial charge in [0.1, 0.15) is 5.75 Å². The Morgan fingerprint density at radius 1 is 1.28 bits per heavy atom. The maximum atomic E-state index is 12.9. The van der Waals surface area contributed by atoms with Crippen LogP contribution in [0.1, 0.15) is 18.7 Å². The molecule has 0 bridgehead atoms. The fraction of sp³-hybridized carbons (Fsp3) is 0.200. The van der Waals surface area contributed by atoms with Crippen molar-refractivity contribution >= 4 is 35.0 Å². The number of carbonyl (C=O) groups excluding carboxylic acids is 1. The van der Waals surface area contributed by atoms with Gasteiger partial charge in [-0.2, -0.15) is 0 Å². The fourth-order valence-electron chi connectivity index (χ4n) is 3.46. The highest BCUT2D eigenvalue weighted by atomic mass is 35.5. The Balaban J connectivity index is 2.05. The summed E-state index contributed by atoms with van der Waals surface area (Å²) in [4.78, 5) is 18.4. The Morgan fingerprint density at radius 3 is 2.62 bits per heavy atom. The van der Waals surface area contributed by atoms with Crippen molar-refractivity contribution in [1.82, 2.24) is 10.1 Å². The lowest BCUT2D eigenvalue weighted by atomic mass is 10.0. The van der Waals surface area contributed by atoms with E-state index in [-0.39, 0.29) is 5.91 Å². The number of benzene rings is 2. The van der Waals surface area contributed by atoms with Gasteiger partial charge in [0.15, 0.2) is 0 Å². The van der Waals surface area contributed by atoms with Crippen LogP contribution in [0.25, 0.3) is 11.3 Å². The van der Waals surface area contributed by atoms with Crippen LogP contribution in [0.4, 0.5) is 5.69 Å². The number of halogens is 1. The van der Waals surface area contributed by atoms with Crippen LogP contribution >= 0.6 is 23.4 Å². The summed E-state index contributed by atoms with van der Waals surface area (Å²) < 4.78 is 6.80. The average molecular weight is 429 g/mol. The molecule has 0 aliphatic carbocycles. The second kappa shape index (κ2) is 7.53. The van der Waals surface area contributed by atoms with Crippen molar-refractivity contribution in [3.63, 3.8) is 0 Å². The molecule has 7 nitrogen and oxygen atoms in total. The predicted octanol–water partition coefficient (Wildman–Crippen LogP) is 2.80. The molecule has 1 aliphatic heterocycles. The first-order valence-electron chi connectivity index (χ1n) is 8.73. The Labute approximate surface area is 176 Å². The van der Waals surface area contributed by atoms with Crippen LogP contribution in [-0.4, -0.2) is 29.4 Å². The Morgan fingerprint density at radius 2 is 2.00 bits per heavy atom. The third kappa shape index (κ3) is 3.28. The van der Waals surface area contributed by atoms with Gasteiger partial charge < -0.3 is 9.84 Å². The molecule has 1 aromatic heterocycles. The number of carbonyl (C=O) groups is 1. The number of ether oxygens (including phenoxy) is 1. The van der Waals surface area contributed by atoms with Crippen LogP contribution in [0, 0.1) is 0 Å². The number of aromatic nitrogens is 3. The minimum absolute atomic E-state index is 0.190. The highest BCUT2D eigenvalue weighted by Crippen LogP contribution is 2.42. The van der Waals surface area contributed by atoms with E-state index in [4.69, 9.17) is 16.3 Å². The van der Waals surface area contributed by atoms with Crippen molar-refractivity contribution in [3.8, 4) is 22.9 Å². The van der Waals surface area contributed by atoms with Crippen LogP contribution in [0.2, 0.25) is 5.02 Å². The molecule has 2 heterocycles. The SMILES string of the molecule is COc1ccc(C2N(C(C)=O)c3ccc(Cl)cc3-c3c([O-])nc(SC)n[n+]32)cc1. The lowest BCUT2D eigenvalue weighted by Gasteiger charge is -2.33. The van der Waals surface area contributed by atoms with Gasteiger partial charge in [0, 0.05) is 22.6 Å². The molecule has 3 aromatic rings. The summed E-state index contributed by atoms with van der Waals surface area (Å²) in [6.07, 6.45) is 1.14. The third-order valence-corrected chi connectivity index (χ3v) is 5.48. The van der Waals surface area contributed by atoms with Gasteiger partial charge in [0.25, 0.3) is 17.0 Å². The smallest absolute Gasteiger partial charge is 0.293 e. The van der Waals surface area contributed by atoms with Crippen molar-refractivity contribution in [2.45, 2.75) is 18.2 Å². The molecule has 0 N–H and O–H groups in total. The molecule has 2 aromatic carbocycles.